The van der Waals surface area contributed by atoms with E-state index in [2.05, 4.69) is 12.1 Å². The van der Waals surface area contributed by atoms with Crippen molar-refractivity contribution in [1.82, 2.24) is 0 Å². The maximum absolute atomic E-state index is 10.0. The Balaban J connectivity index is 2.01. The van der Waals surface area contributed by atoms with Gasteiger partial charge in [0, 0.05) is 5.56 Å². The fraction of sp³-hybridized carbons (Fsp3) is 0.294. The topological polar surface area (TPSA) is 20.2 Å². The molecule has 1 saturated carbocycles. The van der Waals surface area contributed by atoms with Gasteiger partial charge in [-0.25, -0.2) is 0 Å². The van der Waals surface area contributed by atoms with Crippen LogP contribution in [0.4, 0.5) is 0 Å². The summed E-state index contributed by atoms with van der Waals surface area (Å²) in [6.07, 6.45) is 5.26. The first-order chi connectivity index (χ1) is 8.84. The average Bonchev–Trinajstić information content (AvgIpc) is 2.94. The van der Waals surface area contributed by atoms with Gasteiger partial charge in [0.2, 0.25) is 0 Å². The number of phenolic OH excluding ortho intramolecular Hbond substituents is 1. The minimum atomic E-state index is 0.378. The van der Waals surface area contributed by atoms with Gasteiger partial charge < -0.3 is 5.11 Å². The van der Waals surface area contributed by atoms with Crippen LogP contribution in [-0.2, 0) is 0 Å². The lowest BCUT2D eigenvalue weighted by Crippen LogP contribution is -1.92. The normalized spacial score (nSPS) is 16.0. The lowest BCUT2D eigenvalue weighted by atomic mass is 9.93. The summed E-state index contributed by atoms with van der Waals surface area (Å²) >= 11 is 0. The number of hydrogen-bond acceptors (Lipinski definition) is 1. The Morgan fingerprint density at radius 3 is 2.33 bits per heavy atom. The number of aromatic hydroxyl groups is 1. The van der Waals surface area contributed by atoms with Gasteiger partial charge in [-0.15, -0.1) is 0 Å². The third kappa shape index (κ3) is 2.13. The van der Waals surface area contributed by atoms with Gasteiger partial charge in [0.1, 0.15) is 5.75 Å². The van der Waals surface area contributed by atoms with Crippen LogP contribution in [0.25, 0.3) is 11.1 Å². The van der Waals surface area contributed by atoms with E-state index in [1.807, 2.05) is 36.4 Å². The zero-order valence-electron chi connectivity index (χ0n) is 10.5. The van der Waals surface area contributed by atoms with Gasteiger partial charge >= 0.3 is 0 Å². The maximum Gasteiger partial charge on any atom is 0.123 e. The molecular formula is C17H18O. The third-order valence-electron chi connectivity index (χ3n) is 3.93. The summed E-state index contributed by atoms with van der Waals surface area (Å²) in [6, 6.07) is 16.2. The van der Waals surface area contributed by atoms with Crippen molar-refractivity contribution in [3.8, 4) is 16.9 Å². The summed E-state index contributed by atoms with van der Waals surface area (Å²) in [5.74, 6) is 1.07. The van der Waals surface area contributed by atoms with E-state index in [4.69, 9.17) is 0 Å². The van der Waals surface area contributed by atoms with Crippen LogP contribution in [0.1, 0.15) is 37.2 Å². The summed E-state index contributed by atoms with van der Waals surface area (Å²) in [7, 11) is 0. The molecule has 1 N–H and O–H groups in total. The zero-order chi connectivity index (χ0) is 12.4. The van der Waals surface area contributed by atoms with Crippen LogP contribution < -0.4 is 0 Å². The standard InChI is InChI=1S/C17H18O/c18-17-11-10-15(13-6-4-5-7-13)12-16(17)14-8-2-1-3-9-14/h1-3,8-13,18H,4-7H2. The van der Waals surface area contributed by atoms with Crippen molar-refractivity contribution >= 4 is 0 Å². The predicted octanol–water partition coefficient (Wildman–Crippen LogP) is 4.72. The van der Waals surface area contributed by atoms with Crippen LogP contribution in [0.15, 0.2) is 48.5 Å². The summed E-state index contributed by atoms with van der Waals surface area (Å²) in [5, 5.41) is 10.0. The molecule has 0 spiro atoms. The van der Waals surface area contributed by atoms with Crippen LogP contribution in [0.5, 0.6) is 5.75 Å². The monoisotopic (exact) mass is 238 g/mol. The molecular weight excluding hydrogens is 220 g/mol. The molecule has 3 rings (SSSR count). The molecule has 0 amide bonds. The molecule has 0 aliphatic heterocycles. The van der Waals surface area contributed by atoms with Crippen molar-refractivity contribution < 1.29 is 5.11 Å². The summed E-state index contributed by atoms with van der Waals surface area (Å²) < 4.78 is 0. The Morgan fingerprint density at radius 2 is 1.61 bits per heavy atom. The van der Waals surface area contributed by atoms with Crippen molar-refractivity contribution in [2.75, 3.05) is 0 Å². The smallest absolute Gasteiger partial charge is 0.123 e. The van der Waals surface area contributed by atoms with Gasteiger partial charge in [-0.05, 0) is 42.0 Å². The molecule has 1 aliphatic rings. The Morgan fingerprint density at radius 1 is 0.889 bits per heavy atom. The van der Waals surface area contributed by atoms with Crippen molar-refractivity contribution in [2.45, 2.75) is 31.6 Å². The van der Waals surface area contributed by atoms with Crippen LogP contribution in [0.3, 0.4) is 0 Å². The fourth-order valence-corrected chi connectivity index (χ4v) is 2.92. The second-order valence-electron chi connectivity index (χ2n) is 5.12. The van der Waals surface area contributed by atoms with Crippen LogP contribution in [-0.4, -0.2) is 5.11 Å². The van der Waals surface area contributed by atoms with Crippen LogP contribution >= 0.6 is 0 Å². The molecule has 18 heavy (non-hydrogen) atoms. The predicted molar refractivity (Wildman–Crippen MR) is 74.8 cm³/mol. The molecule has 92 valence electrons. The van der Waals surface area contributed by atoms with Gasteiger partial charge in [0.25, 0.3) is 0 Å². The SMILES string of the molecule is Oc1ccc(C2CCCC2)cc1-c1ccccc1. The van der Waals surface area contributed by atoms with E-state index < -0.39 is 0 Å². The Bertz CT molecular complexity index is 525. The zero-order valence-corrected chi connectivity index (χ0v) is 10.5. The third-order valence-corrected chi connectivity index (χ3v) is 3.93. The first-order valence-corrected chi connectivity index (χ1v) is 6.73. The summed E-state index contributed by atoms with van der Waals surface area (Å²) in [4.78, 5) is 0. The number of phenols is 1. The molecule has 1 nitrogen and oxygen atoms in total. The van der Waals surface area contributed by atoms with E-state index >= 15 is 0 Å². The van der Waals surface area contributed by atoms with Gasteiger partial charge in [-0.2, -0.15) is 0 Å². The first-order valence-electron chi connectivity index (χ1n) is 6.73. The van der Waals surface area contributed by atoms with Gasteiger partial charge in [0.15, 0.2) is 0 Å². The number of rotatable bonds is 2. The molecule has 0 atom stereocenters. The van der Waals surface area contributed by atoms with Gasteiger partial charge in [0.05, 0.1) is 0 Å². The van der Waals surface area contributed by atoms with E-state index in [0.29, 0.717) is 11.7 Å². The van der Waals surface area contributed by atoms with Crippen molar-refractivity contribution in [1.29, 1.82) is 0 Å². The van der Waals surface area contributed by atoms with Crippen LogP contribution in [0, 0.1) is 0 Å². The first kappa shape index (κ1) is 11.3. The minimum absolute atomic E-state index is 0.378. The molecule has 0 unspecified atom stereocenters. The van der Waals surface area contributed by atoms with Crippen molar-refractivity contribution in [2.24, 2.45) is 0 Å². The Hall–Kier alpha value is -1.76. The number of benzene rings is 2. The fourth-order valence-electron chi connectivity index (χ4n) is 2.92. The lowest BCUT2D eigenvalue weighted by Gasteiger charge is -2.13. The van der Waals surface area contributed by atoms with Crippen LogP contribution in [0.2, 0.25) is 0 Å². The molecule has 0 heterocycles. The molecule has 0 radical (unpaired) electrons. The summed E-state index contributed by atoms with van der Waals surface area (Å²) in [5.41, 5.74) is 3.43. The van der Waals surface area contributed by atoms with E-state index in [0.717, 1.165) is 11.1 Å². The minimum Gasteiger partial charge on any atom is -0.507 e. The highest BCUT2D eigenvalue weighted by Gasteiger charge is 2.18. The molecule has 0 aromatic heterocycles. The molecule has 1 fully saturated rings. The average molecular weight is 238 g/mol. The highest BCUT2D eigenvalue weighted by molar-refractivity contribution is 5.70. The molecule has 0 bridgehead atoms. The highest BCUT2D eigenvalue weighted by atomic mass is 16.3. The highest BCUT2D eigenvalue weighted by Crippen LogP contribution is 2.38. The maximum atomic E-state index is 10.0. The molecule has 1 aliphatic carbocycles. The quantitative estimate of drug-likeness (QED) is 0.802. The molecule has 1 heteroatoms. The van der Waals surface area contributed by atoms with Gasteiger partial charge in [-0.3, -0.25) is 0 Å². The Kier molecular flexibility index (Phi) is 3.06. The summed E-state index contributed by atoms with van der Waals surface area (Å²) in [6.45, 7) is 0. The second-order valence-corrected chi connectivity index (χ2v) is 5.12. The van der Waals surface area contributed by atoms with E-state index in [-0.39, 0.29) is 0 Å². The molecule has 2 aromatic rings. The van der Waals surface area contributed by atoms with E-state index in [1.165, 1.54) is 31.2 Å². The Labute approximate surface area is 108 Å². The van der Waals surface area contributed by atoms with Gasteiger partial charge in [-0.1, -0.05) is 49.2 Å². The van der Waals surface area contributed by atoms with Crippen molar-refractivity contribution in [3.05, 3.63) is 54.1 Å². The molecule has 2 aromatic carbocycles. The largest absolute Gasteiger partial charge is 0.507 e. The van der Waals surface area contributed by atoms with E-state index in [9.17, 15) is 5.11 Å². The second kappa shape index (κ2) is 4.85. The molecule has 0 saturated heterocycles. The van der Waals surface area contributed by atoms with Crippen molar-refractivity contribution in [3.63, 3.8) is 0 Å². The van der Waals surface area contributed by atoms with E-state index in [1.54, 1.807) is 0 Å². The lowest BCUT2D eigenvalue weighted by molar-refractivity contribution is 0.477. The number of hydrogen-bond donors (Lipinski definition) is 1.